The Balaban J connectivity index is 1.89. The average Bonchev–Trinajstić information content (AvgIpc) is 2.52. The molecule has 0 radical (unpaired) electrons. The molecule has 0 spiro atoms. The summed E-state index contributed by atoms with van der Waals surface area (Å²) in [7, 11) is 0. The third kappa shape index (κ3) is 3.98. The molecule has 3 rings (SSSR count). The predicted octanol–water partition coefficient (Wildman–Crippen LogP) is 1.75. The standard InChI is InChI=1S/C20H28N4O3/c1-6-24-15-8-7-12(9-14(15)22-17(26)18(24)27)16(25)21-13-10-19(2,3)23-20(4,5)11-13/h7-9,13,23H,6,10-11H2,1-5H3,(H,21,25)(H,22,26). The number of aromatic amines is 1. The van der Waals surface area contributed by atoms with E-state index in [1.165, 1.54) is 4.57 Å². The summed E-state index contributed by atoms with van der Waals surface area (Å²) in [6.07, 6.45) is 1.67. The second-order valence-corrected chi connectivity index (χ2v) is 8.71. The summed E-state index contributed by atoms with van der Waals surface area (Å²) in [5.74, 6) is -0.175. The summed E-state index contributed by atoms with van der Waals surface area (Å²) >= 11 is 0. The van der Waals surface area contributed by atoms with Gasteiger partial charge in [-0.05, 0) is 65.7 Å². The molecule has 2 aromatic rings. The number of rotatable bonds is 3. The van der Waals surface area contributed by atoms with Gasteiger partial charge in [-0.15, -0.1) is 0 Å². The molecule has 1 fully saturated rings. The van der Waals surface area contributed by atoms with Crippen molar-refractivity contribution < 1.29 is 4.79 Å². The number of H-pyrrole nitrogens is 1. The van der Waals surface area contributed by atoms with E-state index in [1.807, 2.05) is 6.92 Å². The highest BCUT2D eigenvalue weighted by Gasteiger charge is 2.38. The molecule has 1 amide bonds. The predicted molar refractivity (Wildman–Crippen MR) is 106 cm³/mol. The molecular formula is C20H28N4O3. The fraction of sp³-hybridized carbons (Fsp3) is 0.550. The van der Waals surface area contributed by atoms with Crippen LogP contribution in [0.1, 0.15) is 57.8 Å². The van der Waals surface area contributed by atoms with Crippen LogP contribution in [0.3, 0.4) is 0 Å². The number of carbonyl (C=O) groups excluding carboxylic acids is 1. The van der Waals surface area contributed by atoms with Crippen molar-refractivity contribution in [2.75, 3.05) is 0 Å². The van der Waals surface area contributed by atoms with E-state index in [9.17, 15) is 14.4 Å². The van der Waals surface area contributed by atoms with Crippen molar-refractivity contribution in [3.63, 3.8) is 0 Å². The van der Waals surface area contributed by atoms with Crippen molar-refractivity contribution in [3.8, 4) is 0 Å². The van der Waals surface area contributed by atoms with Crippen LogP contribution in [-0.4, -0.2) is 32.6 Å². The number of carbonyl (C=O) groups is 1. The van der Waals surface area contributed by atoms with Gasteiger partial charge in [-0.2, -0.15) is 0 Å². The second-order valence-electron chi connectivity index (χ2n) is 8.71. The van der Waals surface area contributed by atoms with Gasteiger partial charge in [0.1, 0.15) is 0 Å². The summed E-state index contributed by atoms with van der Waals surface area (Å²) < 4.78 is 1.41. The van der Waals surface area contributed by atoms with E-state index >= 15 is 0 Å². The molecule has 146 valence electrons. The number of aryl methyl sites for hydroxylation is 1. The van der Waals surface area contributed by atoms with Crippen molar-refractivity contribution in [2.45, 2.75) is 71.1 Å². The van der Waals surface area contributed by atoms with Crippen LogP contribution in [0.5, 0.6) is 0 Å². The smallest absolute Gasteiger partial charge is 0.316 e. The molecule has 27 heavy (non-hydrogen) atoms. The molecule has 0 bridgehead atoms. The number of hydrogen-bond donors (Lipinski definition) is 3. The molecule has 0 aliphatic carbocycles. The van der Waals surface area contributed by atoms with Gasteiger partial charge in [0.2, 0.25) is 0 Å². The van der Waals surface area contributed by atoms with Crippen LogP contribution < -0.4 is 21.8 Å². The fourth-order valence-corrected chi connectivity index (χ4v) is 4.43. The summed E-state index contributed by atoms with van der Waals surface area (Å²) in [6, 6.07) is 5.10. The highest BCUT2D eigenvalue weighted by Crippen LogP contribution is 2.28. The number of benzene rings is 1. The molecule has 3 N–H and O–H groups in total. The van der Waals surface area contributed by atoms with Crippen molar-refractivity contribution in [2.24, 2.45) is 0 Å². The highest BCUT2D eigenvalue weighted by atomic mass is 16.2. The van der Waals surface area contributed by atoms with E-state index < -0.39 is 11.1 Å². The van der Waals surface area contributed by atoms with Gasteiger partial charge in [-0.3, -0.25) is 14.4 Å². The Morgan fingerprint density at radius 2 is 1.81 bits per heavy atom. The Bertz CT molecular complexity index is 984. The molecule has 1 aliphatic rings. The lowest BCUT2D eigenvalue weighted by molar-refractivity contribution is 0.0873. The maximum atomic E-state index is 12.8. The van der Waals surface area contributed by atoms with Gasteiger partial charge in [-0.1, -0.05) is 0 Å². The summed E-state index contributed by atoms with van der Waals surface area (Å²) in [4.78, 5) is 39.2. The molecule has 7 heteroatoms. The molecule has 1 aromatic heterocycles. The number of amides is 1. The number of nitrogens with one attached hydrogen (secondary N) is 3. The second kappa shape index (κ2) is 6.64. The Kier molecular flexibility index (Phi) is 4.76. The van der Waals surface area contributed by atoms with Gasteiger partial charge in [0.25, 0.3) is 5.91 Å². The molecule has 0 saturated carbocycles. The number of aromatic nitrogens is 2. The number of piperidine rings is 1. The highest BCUT2D eigenvalue weighted by molar-refractivity contribution is 5.97. The first-order valence-corrected chi connectivity index (χ1v) is 9.38. The molecule has 1 aromatic carbocycles. The summed E-state index contributed by atoms with van der Waals surface area (Å²) in [6.45, 7) is 10.7. The quantitative estimate of drug-likeness (QED) is 0.715. The van der Waals surface area contributed by atoms with E-state index in [-0.39, 0.29) is 23.0 Å². The Labute approximate surface area is 158 Å². The monoisotopic (exact) mass is 372 g/mol. The molecule has 0 unspecified atom stereocenters. The molecule has 1 saturated heterocycles. The van der Waals surface area contributed by atoms with Gasteiger partial charge in [0.15, 0.2) is 0 Å². The zero-order chi connectivity index (χ0) is 20.0. The zero-order valence-electron chi connectivity index (χ0n) is 16.6. The van der Waals surface area contributed by atoms with Crippen molar-refractivity contribution in [1.82, 2.24) is 20.2 Å². The minimum Gasteiger partial charge on any atom is -0.349 e. The topological polar surface area (TPSA) is 96.0 Å². The summed E-state index contributed by atoms with van der Waals surface area (Å²) in [5, 5.41) is 6.73. The molecule has 7 nitrogen and oxygen atoms in total. The van der Waals surface area contributed by atoms with E-state index in [4.69, 9.17) is 0 Å². The van der Waals surface area contributed by atoms with Gasteiger partial charge in [-0.25, -0.2) is 0 Å². The third-order valence-electron chi connectivity index (χ3n) is 5.08. The largest absolute Gasteiger partial charge is 0.349 e. The fourth-order valence-electron chi connectivity index (χ4n) is 4.43. The minimum atomic E-state index is -0.677. The summed E-state index contributed by atoms with van der Waals surface area (Å²) in [5.41, 5.74) is 0.179. The van der Waals surface area contributed by atoms with Gasteiger partial charge >= 0.3 is 11.1 Å². The Morgan fingerprint density at radius 1 is 1.19 bits per heavy atom. The first-order chi connectivity index (χ1) is 12.5. The van der Waals surface area contributed by atoms with Crippen LogP contribution in [0.2, 0.25) is 0 Å². The molecule has 1 aliphatic heterocycles. The van der Waals surface area contributed by atoms with Crippen LogP contribution in [0, 0.1) is 0 Å². The molecular weight excluding hydrogens is 344 g/mol. The van der Waals surface area contributed by atoms with Crippen LogP contribution in [-0.2, 0) is 6.54 Å². The third-order valence-corrected chi connectivity index (χ3v) is 5.08. The van der Waals surface area contributed by atoms with Crippen molar-refractivity contribution >= 4 is 16.9 Å². The molecule has 0 atom stereocenters. The first-order valence-electron chi connectivity index (χ1n) is 9.38. The van der Waals surface area contributed by atoms with Crippen LogP contribution in [0.4, 0.5) is 0 Å². The first kappa shape index (κ1) is 19.4. The Hall–Kier alpha value is -2.41. The minimum absolute atomic E-state index is 0.0584. The zero-order valence-corrected chi connectivity index (χ0v) is 16.6. The number of hydrogen-bond acceptors (Lipinski definition) is 4. The SMILES string of the molecule is CCn1c(=O)c(=O)[nH]c2cc(C(=O)NC3CC(C)(C)NC(C)(C)C3)ccc21. The normalized spacial score (nSPS) is 19.1. The van der Waals surface area contributed by atoms with E-state index in [0.29, 0.717) is 23.1 Å². The Morgan fingerprint density at radius 3 is 2.41 bits per heavy atom. The van der Waals surface area contributed by atoms with Gasteiger partial charge in [0, 0.05) is 29.2 Å². The lowest BCUT2D eigenvalue weighted by Crippen LogP contribution is -2.62. The lowest BCUT2D eigenvalue weighted by atomic mass is 9.79. The van der Waals surface area contributed by atoms with Crippen molar-refractivity contribution in [3.05, 3.63) is 44.5 Å². The van der Waals surface area contributed by atoms with Crippen molar-refractivity contribution in [1.29, 1.82) is 0 Å². The average molecular weight is 372 g/mol. The van der Waals surface area contributed by atoms with Crippen LogP contribution in [0.15, 0.2) is 27.8 Å². The number of fused-ring (bicyclic) bond motifs is 1. The van der Waals surface area contributed by atoms with Gasteiger partial charge < -0.3 is 20.2 Å². The lowest BCUT2D eigenvalue weighted by Gasteiger charge is -2.46. The maximum Gasteiger partial charge on any atom is 0.316 e. The molecule has 2 heterocycles. The maximum absolute atomic E-state index is 12.8. The van der Waals surface area contributed by atoms with E-state index in [1.54, 1.807) is 18.2 Å². The van der Waals surface area contributed by atoms with Gasteiger partial charge in [0.05, 0.1) is 11.0 Å². The van der Waals surface area contributed by atoms with E-state index in [0.717, 1.165) is 12.8 Å². The van der Waals surface area contributed by atoms with Crippen LogP contribution >= 0.6 is 0 Å². The van der Waals surface area contributed by atoms with Crippen LogP contribution in [0.25, 0.3) is 11.0 Å². The number of nitrogens with zero attached hydrogens (tertiary/aromatic N) is 1. The van der Waals surface area contributed by atoms with E-state index in [2.05, 4.69) is 43.3 Å².